The number of hydrogen-bond donors (Lipinski definition) is 1. The van der Waals surface area contributed by atoms with Crippen LogP contribution in [0.5, 0.6) is 0 Å². The number of carbonyl (C=O) groups is 2. The second-order valence-corrected chi connectivity index (χ2v) is 4.30. The van der Waals surface area contributed by atoms with Crippen molar-refractivity contribution in [2.45, 2.75) is 25.7 Å². The lowest BCUT2D eigenvalue weighted by Crippen LogP contribution is -2.33. The first-order valence-corrected chi connectivity index (χ1v) is 5.82. The van der Waals surface area contributed by atoms with Crippen LogP contribution in [0, 0.1) is 0 Å². The summed E-state index contributed by atoms with van der Waals surface area (Å²) < 4.78 is 0. The molecule has 1 aliphatic rings. The Morgan fingerprint density at radius 3 is 2.88 bits per heavy atom. The first kappa shape index (κ1) is 11.6. The fourth-order valence-corrected chi connectivity index (χ4v) is 2.08. The molecule has 0 radical (unpaired) electrons. The second-order valence-electron chi connectivity index (χ2n) is 4.30. The molecule has 17 heavy (non-hydrogen) atoms. The number of aldehydes is 1. The van der Waals surface area contributed by atoms with Gasteiger partial charge in [0.15, 0.2) is 0 Å². The number of anilines is 1. The highest BCUT2D eigenvalue weighted by Gasteiger charge is 2.22. The van der Waals surface area contributed by atoms with E-state index >= 15 is 0 Å². The van der Waals surface area contributed by atoms with E-state index in [4.69, 9.17) is 0 Å². The number of carbonyl (C=O) groups excluding carboxylic acids is 2. The van der Waals surface area contributed by atoms with E-state index in [0.717, 1.165) is 17.5 Å². The van der Waals surface area contributed by atoms with Gasteiger partial charge in [-0.15, -0.1) is 0 Å². The third kappa shape index (κ3) is 2.46. The van der Waals surface area contributed by atoms with Gasteiger partial charge in [-0.3, -0.25) is 15.2 Å². The number of hydrogen-bond acceptors (Lipinski definition) is 3. The van der Waals surface area contributed by atoms with Crippen molar-refractivity contribution in [2.75, 3.05) is 11.6 Å². The monoisotopic (exact) mass is 232 g/mol. The summed E-state index contributed by atoms with van der Waals surface area (Å²) in [4.78, 5) is 21.8. The minimum Gasteiger partial charge on any atom is -0.303 e. The van der Waals surface area contributed by atoms with Gasteiger partial charge in [-0.1, -0.05) is 25.1 Å². The molecule has 4 heteroatoms. The maximum absolute atomic E-state index is 11.2. The van der Waals surface area contributed by atoms with E-state index in [1.165, 1.54) is 0 Å². The summed E-state index contributed by atoms with van der Waals surface area (Å²) in [5.41, 5.74) is 4.91. The Kier molecular flexibility index (Phi) is 3.42. The molecule has 4 nitrogen and oxygen atoms in total. The first-order chi connectivity index (χ1) is 8.22. The summed E-state index contributed by atoms with van der Waals surface area (Å²) in [7, 11) is 0. The molecule has 90 valence electrons. The van der Waals surface area contributed by atoms with Crippen LogP contribution in [0.4, 0.5) is 5.69 Å². The van der Waals surface area contributed by atoms with Crippen LogP contribution in [0.1, 0.15) is 31.2 Å². The highest BCUT2D eigenvalue weighted by molar-refractivity contribution is 5.82. The molecule has 1 N–H and O–H groups in total. The molecule has 1 heterocycles. The second kappa shape index (κ2) is 4.99. The van der Waals surface area contributed by atoms with Gasteiger partial charge >= 0.3 is 0 Å². The summed E-state index contributed by atoms with van der Waals surface area (Å²) in [6.45, 7) is 2.70. The lowest BCUT2D eigenvalue weighted by Gasteiger charge is -2.23. The van der Waals surface area contributed by atoms with E-state index in [2.05, 4.69) is 5.43 Å². The maximum Gasteiger partial charge on any atom is 0.240 e. The normalized spacial score (nSPS) is 16.8. The quantitative estimate of drug-likeness (QED) is 0.802. The Morgan fingerprint density at radius 1 is 1.47 bits per heavy atom. The molecule has 1 atom stereocenters. The molecule has 1 aromatic carbocycles. The molecule has 0 spiro atoms. The van der Waals surface area contributed by atoms with E-state index in [9.17, 15) is 9.59 Å². The van der Waals surface area contributed by atoms with Crippen LogP contribution in [-0.2, 0) is 9.59 Å². The number of hydrazine groups is 1. The predicted octanol–water partition coefficient (Wildman–Crippen LogP) is 1.62. The van der Waals surface area contributed by atoms with Crippen molar-refractivity contribution in [3.8, 4) is 0 Å². The Labute approximate surface area is 101 Å². The van der Waals surface area contributed by atoms with Gasteiger partial charge in [0.2, 0.25) is 5.91 Å². The summed E-state index contributed by atoms with van der Waals surface area (Å²) in [5.74, 6) is 0.212. The van der Waals surface area contributed by atoms with Gasteiger partial charge in [0.25, 0.3) is 0 Å². The number of rotatable bonds is 4. The third-order valence-corrected chi connectivity index (χ3v) is 3.03. The molecule has 1 saturated heterocycles. The zero-order valence-corrected chi connectivity index (χ0v) is 9.85. The van der Waals surface area contributed by atoms with Gasteiger partial charge in [0.1, 0.15) is 6.29 Å². The lowest BCUT2D eigenvalue weighted by molar-refractivity contribution is -0.119. The smallest absolute Gasteiger partial charge is 0.240 e. The van der Waals surface area contributed by atoms with Crippen LogP contribution in [-0.4, -0.2) is 18.7 Å². The van der Waals surface area contributed by atoms with Crippen LogP contribution >= 0.6 is 0 Å². The predicted molar refractivity (Wildman–Crippen MR) is 65.6 cm³/mol. The lowest BCUT2D eigenvalue weighted by atomic mass is 9.96. The van der Waals surface area contributed by atoms with Gasteiger partial charge in [-0.25, -0.2) is 0 Å². The molecule has 2 rings (SSSR count). The van der Waals surface area contributed by atoms with E-state index in [0.29, 0.717) is 19.4 Å². The zero-order chi connectivity index (χ0) is 12.3. The highest BCUT2D eigenvalue weighted by atomic mass is 16.2. The molecule has 0 saturated carbocycles. The maximum atomic E-state index is 11.2. The van der Waals surface area contributed by atoms with Crippen LogP contribution in [0.25, 0.3) is 0 Å². The summed E-state index contributed by atoms with van der Waals surface area (Å²) in [5, 5.41) is 1.86. The van der Waals surface area contributed by atoms with Crippen molar-refractivity contribution >= 4 is 17.9 Å². The average Bonchev–Trinajstić information content (AvgIpc) is 2.76. The molecule has 0 aliphatic carbocycles. The number of nitrogens with zero attached hydrogens (tertiary/aromatic N) is 1. The van der Waals surface area contributed by atoms with Crippen molar-refractivity contribution in [3.63, 3.8) is 0 Å². The largest absolute Gasteiger partial charge is 0.303 e. The Hall–Kier alpha value is -1.84. The SMILES string of the molecule is CC(CC=O)c1ccccc1N1CCC(=O)N1. The Bertz CT molecular complexity index is 431. The first-order valence-electron chi connectivity index (χ1n) is 5.82. The molecule has 1 fully saturated rings. The number of amides is 1. The molecule has 1 aliphatic heterocycles. The molecular weight excluding hydrogens is 216 g/mol. The minimum atomic E-state index is 0.0443. The van der Waals surface area contributed by atoms with Crippen molar-refractivity contribution in [1.29, 1.82) is 0 Å². The molecule has 1 unspecified atom stereocenters. The Morgan fingerprint density at radius 2 is 2.24 bits per heavy atom. The molecule has 0 bridgehead atoms. The van der Waals surface area contributed by atoms with Gasteiger partial charge < -0.3 is 4.79 Å². The van der Waals surface area contributed by atoms with Crippen LogP contribution in [0.3, 0.4) is 0 Å². The summed E-state index contributed by atoms with van der Waals surface area (Å²) >= 11 is 0. The zero-order valence-electron chi connectivity index (χ0n) is 9.85. The number of para-hydroxylation sites is 1. The van der Waals surface area contributed by atoms with Gasteiger partial charge in [0, 0.05) is 19.4 Å². The molecule has 1 amide bonds. The van der Waals surface area contributed by atoms with Crippen molar-refractivity contribution in [3.05, 3.63) is 29.8 Å². The highest BCUT2D eigenvalue weighted by Crippen LogP contribution is 2.29. The fraction of sp³-hybridized carbons (Fsp3) is 0.385. The standard InChI is InChI=1S/C13H16N2O2/c1-10(7-9-16)11-4-2-3-5-12(11)15-8-6-13(17)14-15/h2-5,9-10H,6-8H2,1H3,(H,14,17). The van der Waals surface area contributed by atoms with Gasteiger partial charge in [-0.05, 0) is 17.5 Å². The van der Waals surface area contributed by atoms with E-state index in [-0.39, 0.29) is 11.8 Å². The molecular formula is C13H16N2O2. The van der Waals surface area contributed by atoms with Crippen molar-refractivity contribution < 1.29 is 9.59 Å². The third-order valence-electron chi connectivity index (χ3n) is 3.03. The van der Waals surface area contributed by atoms with Gasteiger partial charge in [-0.2, -0.15) is 0 Å². The summed E-state index contributed by atoms with van der Waals surface area (Å²) in [6.07, 6.45) is 1.96. The number of nitrogens with one attached hydrogen (secondary N) is 1. The minimum absolute atomic E-state index is 0.0443. The van der Waals surface area contributed by atoms with Crippen molar-refractivity contribution in [1.82, 2.24) is 5.43 Å². The van der Waals surface area contributed by atoms with Crippen LogP contribution in [0.15, 0.2) is 24.3 Å². The Balaban J connectivity index is 2.27. The van der Waals surface area contributed by atoms with Crippen molar-refractivity contribution in [2.24, 2.45) is 0 Å². The number of benzene rings is 1. The van der Waals surface area contributed by atoms with Crippen LogP contribution in [0.2, 0.25) is 0 Å². The molecule has 1 aromatic rings. The average molecular weight is 232 g/mol. The summed E-state index contributed by atoms with van der Waals surface area (Å²) in [6, 6.07) is 7.88. The van der Waals surface area contributed by atoms with E-state index < -0.39 is 0 Å². The topological polar surface area (TPSA) is 49.4 Å². The van der Waals surface area contributed by atoms with E-state index in [1.807, 2.05) is 36.2 Å². The fourth-order valence-electron chi connectivity index (χ4n) is 2.08. The van der Waals surface area contributed by atoms with E-state index in [1.54, 1.807) is 0 Å². The molecule has 0 aromatic heterocycles. The van der Waals surface area contributed by atoms with Crippen LogP contribution < -0.4 is 10.4 Å². The van der Waals surface area contributed by atoms with Gasteiger partial charge in [0.05, 0.1) is 5.69 Å².